The van der Waals surface area contributed by atoms with Gasteiger partial charge in [0.15, 0.2) is 5.76 Å². The lowest BCUT2D eigenvalue weighted by Gasteiger charge is -2.02. The van der Waals surface area contributed by atoms with E-state index >= 15 is 0 Å². The number of hydrogen-bond donors (Lipinski definition) is 1. The van der Waals surface area contributed by atoms with Gasteiger partial charge in [0, 0.05) is 23.8 Å². The molecule has 126 valence electrons. The van der Waals surface area contributed by atoms with E-state index in [-0.39, 0.29) is 29.1 Å². The van der Waals surface area contributed by atoms with Crippen LogP contribution >= 0.6 is 0 Å². The highest BCUT2D eigenvalue weighted by atomic mass is 19.1. The molecular formula is C17H12FN3O4. The third kappa shape index (κ3) is 3.69. The Kier molecular flexibility index (Phi) is 4.51. The van der Waals surface area contributed by atoms with Crippen LogP contribution in [0.15, 0.2) is 59.1 Å². The van der Waals surface area contributed by atoms with Crippen LogP contribution in [0.1, 0.15) is 16.1 Å². The van der Waals surface area contributed by atoms with Gasteiger partial charge in [-0.15, -0.1) is 0 Å². The number of hydrogen-bond acceptors (Lipinski definition) is 5. The zero-order valence-electron chi connectivity index (χ0n) is 12.8. The monoisotopic (exact) mass is 341 g/mol. The molecule has 0 atom stereocenters. The molecule has 3 rings (SSSR count). The van der Waals surface area contributed by atoms with Crippen molar-refractivity contribution in [1.29, 1.82) is 0 Å². The van der Waals surface area contributed by atoms with Crippen LogP contribution < -0.4 is 5.32 Å². The number of nitrogens with one attached hydrogen (secondary N) is 1. The molecule has 0 aliphatic rings. The number of nitrogens with zero attached hydrogens (tertiary/aromatic N) is 2. The molecular weight excluding hydrogens is 329 g/mol. The Balaban J connectivity index is 1.65. The number of halogens is 1. The summed E-state index contributed by atoms with van der Waals surface area (Å²) < 4.78 is 18.8. The molecule has 1 aromatic heterocycles. The van der Waals surface area contributed by atoms with Crippen molar-refractivity contribution in [3.05, 3.63) is 81.8 Å². The van der Waals surface area contributed by atoms with Crippen LogP contribution in [0, 0.1) is 15.9 Å². The summed E-state index contributed by atoms with van der Waals surface area (Å²) in [4.78, 5) is 22.1. The average molecular weight is 341 g/mol. The molecule has 3 aromatic rings. The van der Waals surface area contributed by atoms with Gasteiger partial charge in [-0.05, 0) is 24.3 Å². The van der Waals surface area contributed by atoms with Crippen molar-refractivity contribution in [2.45, 2.75) is 6.54 Å². The van der Waals surface area contributed by atoms with E-state index in [1.54, 1.807) is 18.2 Å². The summed E-state index contributed by atoms with van der Waals surface area (Å²) in [5, 5.41) is 17.0. The number of carbonyl (C=O) groups excluding carboxylic acids is 1. The first-order valence-electron chi connectivity index (χ1n) is 7.28. The van der Waals surface area contributed by atoms with Crippen molar-refractivity contribution in [3.8, 4) is 11.3 Å². The Morgan fingerprint density at radius 2 is 1.92 bits per heavy atom. The fourth-order valence-electron chi connectivity index (χ4n) is 2.19. The minimum atomic E-state index is -0.540. The van der Waals surface area contributed by atoms with Gasteiger partial charge in [-0.1, -0.05) is 17.3 Å². The smallest absolute Gasteiger partial charge is 0.269 e. The van der Waals surface area contributed by atoms with Crippen LogP contribution in [0.2, 0.25) is 0 Å². The first-order chi connectivity index (χ1) is 12.0. The Labute approximate surface area is 141 Å². The van der Waals surface area contributed by atoms with E-state index in [0.717, 1.165) is 0 Å². The molecule has 1 heterocycles. The van der Waals surface area contributed by atoms with Crippen molar-refractivity contribution in [1.82, 2.24) is 10.5 Å². The highest BCUT2D eigenvalue weighted by Gasteiger charge is 2.13. The highest BCUT2D eigenvalue weighted by molar-refractivity contribution is 5.94. The molecule has 0 aliphatic carbocycles. The number of nitro benzene ring substituents is 1. The largest absolute Gasteiger partial charge is 0.356 e. The van der Waals surface area contributed by atoms with Gasteiger partial charge in [0.2, 0.25) is 0 Å². The normalized spacial score (nSPS) is 10.4. The lowest BCUT2D eigenvalue weighted by atomic mass is 10.1. The fraction of sp³-hybridized carbons (Fsp3) is 0.0588. The maximum atomic E-state index is 13.7. The highest BCUT2D eigenvalue weighted by Crippen LogP contribution is 2.23. The molecule has 2 aromatic carbocycles. The number of rotatable bonds is 5. The molecule has 0 fully saturated rings. The molecule has 0 saturated carbocycles. The molecule has 0 aliphatic heterocycles. The zero-order chi connectivity index (χ0) is 17.8. The number of carbonyl (C=O) groups is 1. The van der Waals surface area contributed by atoms with Crippen LogP contribution in [0.5, 0.6) is 0 Å². The number of non-ortho nitro benzene ring substituents is 1. The van der Waals surface area contributed by atoms with Crippen molar-refractivity contribution in [2.24, 2.45) is 0 Å². The molecule has 25 heavy (non-hydrogen) atoms. The minimum Gasteiger partial charge on any atom is -0.356 e. The van der Waals surface area contributed by atoms with Gasteiger partial charge < -0.3 is 9.84 Å². The van der Waals surface area contributed by atoms with E-state index in [2.05, 4.69) is 10.5 Å². The number of amides is 1. The molecule has 0 bridgehead atoms. The van der Waals surface area contributed by atoms with E-state index in [1.165, 1.54) is 36.4 Å². The Morgan fingerprint density at radius 1 is 1.20 bits per heavy atom. The summed E-state index contributed by atoms with van der Waals surface area (Å²) in [6.07, 6.45) is 0. The van der Waals surface area contributed by atoms with Crippen molar-refractivity contribution >= 4 is 11.6 Å². The van der Waals surface area contributed by atoms with Crippen LogP contribution in [-0.4, -0.2) is 16.0 Å². The van der Waals surface area contributed by atoms with Gasteiger partial charge in [0.25, 0.3) is 11.6 Å². The molecule has 0 unspecified atom stereocenters. The predicted octanol–water partition coefficient (Wildman–Crippen LogP) is 3.32. The second-order valence-corrected chi connectivity index (χ2v) is 5.15. The average Bonchev–Trinajstić information content (AvgIpc) is 3.09. The Bertz CT molecular complexity index is 922. The van der Waals surface area contributed by atoms with E-state index in [0.29, 0.717) is 5.69 Å². The number of benzene rings is 2. The molecule has 8 heteroatoms. The maximum absolute atomic E-state index is 13.7. The van der Waals surface area contributed by atoms with Gasteiger partial charge in [-0.25, -0.2) is 4.39 Å². The first kappa shape index (κ1) is 16.3. The van der Waals surface area contributed by atoms with Gasteiger partial charge in [0.05, 0.1) is 17.0 Å². The van der Waals surface area contributed by atoms with E-state index < -0.39 is 16.6 Å². The van der Waals surface area contributed by atoms with Gasteiger partial charge in [-0.3, -0.25) is 14.9 Å². The molecule has 1 amide bonds. The molecule has 0 saturated heterocycles. The first-order valence-corrected chi connectivity index (χ1v) is 7.28. The summed E-state index contributed by atoms with van der Waals surface area (Å²) in [7, 11) is 0. The summed E-state index contributed by atoms with van der Waals surface area (Å²) in [5.41, 5.74) is 0.891. The quantitative estimate of drug-likeness (QED) is 0.567. The Morgan fingerprint density at radius 3 is 2.60 bits per heavy atom. The van der Waals surface area contributed by atoms with E-state index in [1.807, 2.05) is 0 Å². The second kappa shape index (κ2) is 6.91. The summed E-state index contributed by atoms with van der Waals surface area (Å²) in [6, 6.07) is 12.9. The number of nitro groups is 1. The second-order valence-electron chi connectivity index (χ2n) is 5.15. The topological polar surface area (TPSA) is 98.3 Å². The minimum absolute atomic E-state index is 0.0772. The van der Waals surface area contributed by atoms with Gasteiger partial charge in [-0.2, -0.15) is 0 Å². The molecule has 7 nitrogen and oxygen atoms in total. The molecule has 0 spiro atoms. The molecule has 0 radical (unpaired) electrons. The third-order valence-electron chi connectivity index (χ3n) is 3.47. The van der Waals surface area contributed by atoms with Crippen molar-refractivity contribution in [3.63, 3.8) is 0 Å². The SMILES string of the molecule is O=C(NCc1cc(-c2ccccc2F)on1)c1ccc([N+](=O)[O-])cc1. The predicted molar refractivity (Wildman–Crippen MR) is 86.2 cm³/mol. The van der Waals surface area contributed by atoms with Crippen LogP contribution in [0.4, 0.5) is 10.1 Å². The fourth-order valence-corrected chi connectivity index (χ4v) is 2.19. The summed E-state index contributed by atoms with van der Waals surface area (Å²) in [5.74, 6) is -0.580. The van der Waals surface area contributed by atoms with Gasteiger partial charge >= 0.3 is 0 Å². The van der Waals surface area contributed by atoms with Crippen molar-refractivity contribution < 1.29 is 18.6 Å². The van der Waals surface area contributed by atoms with E-state index in [4.69, 9.17) is 4.52 Å². The Hall–Kier alpha value is -3.55. The van der Waals surface area contributed by atoms with Crippen LogP contribution in [-0.2, 0) is 6.54 Å². The van der Waals surface area contributed by atoms with Crippen molar-refractivity contribution in [2.75, 3.05) is 0 Å². The lowest BCUT2D eigenvalue weighted by Crippen LogP contribution is -2.22. The lowest BCUT2D eigenvalue weighted by molar-refractivity contribution is -0.384. The third-order valence-corrected chi connectivity index (χ3v) is 3.47. The number of aromatic nitrogens is 1. The standard InChI is InChI=1S/C17H12FN3O4/c18-15-4-2-1-3-14(15)16-9-12(20-25-16)10-19-17(22)11-5-7-13(8-6-11)21(23)24/h1-9H,10H2,(H,19,22). The summed E-state index contributed by atoms with van der Waals surface area (Å²) >= 11 is 0. The molecule has 1 N–H and O–H groups in total. The maximum Gasteiger partial charge on any atom is 0.269 e. The van der Waals surface area contributed by atoms with Crippen LogP contribution in [0.25, 0.3) is 11.3 Å². The van der Waals surface area contributed by atoms with E-state index in [9.17, 15) is 19.3 Å². The van der Waals surface area contributed by atoms with Crippen LogP contribution in [0.3, 0.4) is 0 Å². The zero-order valence-corrected chi connectivity index (χ0v) is 12.8. The summed E-state index contributed by atoms with van der Waals surface area (Å²) in [6.45, 7) is 0.0772. The van der Waals surface area contributed by atoms with Gasteiger partial charge in [0.1, 0.15) is 11.5 Å².